The molecule has 1 aromatic carbocycles. The molecular formula is C17H29F2IN4O. The molecule has 1 aromatic rings. The average molecular weight is 470 g/mol. The van der Waals surface area contributed by atoms with Crippen molar-refractivity contribution >= 4 is 29.9 Å². The summed E-state index contributed by atoms with van der Waals surface area (Å²) in [5, 5.41) is 6.27. The first-order chi connectivity index (χ1) is 11.5. The van der Waals surface area contributed by atoms with E-state index in [0.29, 0.717) is 32.3 Å². The predicted octanol–water partition coefficient (Wildman–Crippen LogP) is 2.78. The number of nitrogens with one attached hydrogen (secondary N) is 2. The average Bonchev–Trinajstić information content (AvgIpc) is 2.54. The first-order valence-corrected chi connectivity index (χ1v) is 8.13. The summed E-state index contributed by atoms with van der Waals surface area (Å²) < 4.78 is 33.3. The topological polar surface area (TPSA) is 48.9 Å². The number of likely N-dealkylation sites (N-methyl/N-ethyl adjacent to an activating group) is 1. The summed E-state index contributed by atoms with van der Waals surface area (Å²) in [5.41, 5.74) is 0.0572. The molecule has 0 amide bonds. The van der Waals surface area contributed by atoms with Gasteiger partial charge in [0.2, 0.25) is 0 Å². The minimum Gasteiger partial charge on any atom is -0.382 e. The summed E-state index contributed by atoms with van der Waals surface area (Å²) in [6.45, 7) is 4.38. The zero-order valence-electron chi connectivity index (χ0n) is 15.3. The minimum absolute atomic E-state index is 0. The summed E-state index contributed by atoms with van der Waals surface area (Å²) in [7, 11) is 5.24. The molecule has 144 valence electrons. The van der Waals surface area contributed by atoms with Gasteiger partial charge in [-0.15, -0.1) is 24.0 Å². The number of rotatable bonds is 9. The second-order valence-electron chi connectivity index (χ2n) is 5.55. The molecule has 1 unspecified atom stereocenters. The van der Waals surface area contributed by atoms with Crippen LogP contribution in [0.3, 0.4) is 0 Å². The van der Waals surface area contributed by atoms with Crippen molar-refractivity contribution in [3.63, 3.8) is 0 Å². The molecule has 0 heterocycles. The maximum atomic E-state index is 14.0. The van der Waals surface area contributed by atoms with Crippen LogP contribution in [0.1, 0.15) is 24.9 Å². The molecule has 0 aliphatic carbocycles. The lowest BCUT2D eigenvalue weighted by Gasteiger charge is -2.26. The third kappa shape index (κ3) is 8.28. The molecule has 8 heteroatoms. The predicted molar refractivity (Wildman–Crippen MR) is 109 cm³/mol. The van der Waals surface area contributed by atoms with E-state index >= 15 is 0 Å². The summed E-state index contributed by atoms with van der Waals surface area (Å²) in [4.78, 5) is 5.90. The van der Waals surface area contributed by atoms with Gasteiger partial charge in [0.05, 0.1) is 6.04 Å². The normalized spacial score (nSPS) is 12.7. The van der Waals surface area contributed by atoms with E-state index in [9.17, 15) is 8.78 Å². The minimum atomic E-state index is -0.546. The molecule has 1 atom stereocenters. The quantitative estimate of drug-likeness (QED) is 0.252. The van der Waals surface area contributed by atoms with Gasteiger partial charge < -0.3 is 20.3 Å². The van der Waals surface area contributed by atoms with E-state index in [1.54, 1.807) is 26.0 Å². The number of ether oxygens (including phenoxy) is 1. The summed E-state index contributed by atoms with van der Waals surface area (Å²) in [6, 6.07) is 3.46. The third-order valence-corrected chi connectivity index (χ3v) is 3.60. The fourth-order valence-corrected chi connectivity index (χ4v) is 2.31. The van der Waals surface area contributed by atoms with Crippen LogP contribution in [0, 0.1) is 11.6 Å². The highest BCUT2D eigenvalue weighted by molar-refractivity contribution is 14.0. The van der Waals surface area contributed by atoms with Crippen molar-refractivity contribution in [3.05, 3.63) is 35.4 Å². The highest BCUT2D eigenvalue weighted by Gasteiger charge is 2.22. The Morgan fingerprint density at radius 1 is 1.24 bits per heavy atom. The molecule has 0 radical (unpaired) electrons. The number of guanidine groups is 1. The number of nitrogens with zero attached hydrogens (tertiary/aromatic N) is 2. The summed E-state index contributed by atoms with van der Waals surface area (Å²) in [6.07, 6.45) is 0.855. The van der Waals surface area contributed by atoms with Crippen LogP contribution in [0.5, 0.6) is 0 Å². The standard InChI is InChI=1S/C17H28F2N4O.HI/c1-5-24-11-7-10-21-17(20-2)22-12-15(23(3)4)16-13(18)8-6-9-14(16)19;/h6,8-9,15H,5,7,10-12H2,1-4H3,(H2,20,21,22);1H. The largest absolute Gasteiger partial charge is 0.382 e. The van der Waals surface area contributed by atoms with Crippen molar-refractivity contribution in [1.82, 2.24) is 15.5 Å². The van der Waals surface area contributed by atoms with E-state index in [1.807, 2.05) is 6.92 Å². The van der Waals surface area contributed by atoms with E-state index in [0.717, 1.165) is 6.42 Å². The molecule has 0 fully saturated rings. The van der Waals surface area contributed by atoms with Gasteiger partial charge in [-0.3, -0.25) is 4.99 Å². The maximum absolute atomic E-state index is 14.0. The van der Waals surface area contributed by atoms with E-state index < -0.39 is 17.7 Å². The molecular weight excluding hydrogens is 441 g/mol. The van der Waals surface area contributed by atoms with Crippen molar-refractivity contribution in [1.29, 1.82) is 0 Å². The number of benzene rings is 1. The highest BCUT2D eigenvalue weighted by atomic mass is 127. The Morgan fingerprint density at radius 3 is 2.40 bits per heavy atom. The van der Waals surface area contributed by atoms with Crippen LogP contribution in [0.2, 0.25) is 0 Å². The van der Waals surface area contributed by atoms with Gasteiger partial charge in [-0.2, -0.15) is 0 Å². The molecule has 5 nitrogen and oxygen atoms in total. The Bertz CT molecular complexity index is 509. The molecule has 1 rings (SSSR count). The fraction of sp³-hybridized carbons (Fsp3) is 0.588. The lowest BCUT2D eigenvalue weighted by Crippen LogP contribution is -2.42. The van der Waals surface area contributed by atoms with Crippen LogP contribution >= 0.6 is 24.0 Å². The number of halogens is 3. The number of aliphatic imine (C=N–C) groups is 1. The van der Waals surface area contributed by atoms with Crippen LogP contribution in [0.15, 0.2) is 23.2 Å². The van der Waals surface area contributed by atoms with Crippen molar-refractivity contribution in [2.45, 2.75) is 19.4 Å². The second kappa shape index (κ2) is 13.2. The first kappa shape index (κ1) is 24.0. The molecule has 0 saturated heterocycles. The van der Waals surface area contributed by atoms with E-state index in [4.69, 9.17) is 4.74 Å². The molecule has 0 aliphatic rings. The van der Waals surface area contributed by atoms with Crippen molar-refractivity contribution in [3.8, 4) is 0 Å². The molecule has 0 aromatic heterocycles. The zero-order valence-corrected chi connectivity index (χ0v) is 17.6. The van der Waals surface area contributed by atoms with Gasteiger partial charge in [-0.05, 0) is 39.6 Å². The van der Waals surface area contributed by atoms with Gasteiger partial charge in [0.1, 0.15) is 11.6 Å². The summed E-state index contributed by atoms with van der Waals surface area (Å²) in [5.74, 6) is -0.500. The first-order valence-electron chi connectivity index (χ1n) is 8.13. The molecule has 2 N–H and O–H groups in total. The van der Waals surface area contributed by atoms with E-state index in [1.165, 1.54) is 18.2 Å². The molecule has 0 aliphatic heterocycles. The van der Waals surface area contributed by atoms with Gasteiger partial charge >= 0.3 is 0 Å². The lowest BCUT2D eigenvalue weighted by atomic mass is 10.0. The monoisotopic (exact) mass is 470 g/mol. The van der Waals surface area contributed by atoms with Crippen molar-refractivity contribution < 1.29 is 13.5 Å². The third-order valence-electron chi connectivity index (χ3n) is 3.60. The van der Waals surface area contributed by atoms with Crippen LogP contribution in [-0.4, -0.2) is 58.3 Å². The molecule has 0 saturated carbocycles. The second-order valence-corrected chi connectivity index (χ2v) is 5.55. The Balaban J connectivity index is 0.00000576. The maximum Gasteiger partial charge on any atom is 0.191 e. The van der Waals surface area contributed by atoms with Crippen LogP contribution in [0.4, 0.5) is 8.78 Å². The van der Waals surface area contributed by atoms with Gasteiger partial charge in [-0.1, -0.05) is 6.07 Å². The van der Waals surface area contributed by atoms with Gasteiger partial charge in [0.25, 0.3) is 0 Å². The Kier molecular flexibility index (Phi) is 12.7. The smallest absolute Gasteiger partial charge is 0.191 e. The highest BCUT2D eigenvalue weighted by Crippen LogP contribution is 2.23. The number of hydrogen-bond acceptors (Lipinski definition) is 3. The number of hydrogen-bond donors (Lipinski definition) is 2. The lowest BCUT2D eigenvalue weighted by molar-refractivity contribution is 0.145. The van der Waals surface area contributed by atoms with Gasteiger partial charge in [0, 0.05) is 38.9 Å². The van der Waals surface area contributed by atoms with E-state index in [2.05, 4.69) is 15.6 Å². The van der Waals surface area contributed by atoms with Crippen LogP contribution in [-0.2, 0) is 4.74 Å². The van der Waals surface area contributed by atoms with Gasteiger partial charge in [-0.25, -0.2) is 8.78 Å². The zero-order chi connectivity index (χ0) is 17.9. The Labute approximate surface area is 166 Å². The SMILES string of the molecule is CCOCCCNC(=NC)NCC(c1c(F)cccc1F)N(C)C.I. The van der Waals surface area contributed by atoms with Crippen molar-refractivity contribution in [2.75, 3.05) is 47.4 Å². The fourth-order valence-electron chi connectivity index (χ4n) is 2.31. The molecule has 25 heavy (non-hydrogen) atoms. The van der Waals surface area contributed by atoms with Crippen LogP contribution in [0.25, 0.3) is 0 Å². The Morgan fingerprint density at radius 2 is 1.88 bits per heavy atom. The van der Waals surface area contributed by atoms with Gasteiger partial charge in [0.15, 0.2) is 5.96 Å². The summed E-state index contributed by atoms with van der Waals surface area (Å²) >= 11 is 0. The molecule has 0 spiro atoms. The Hall–Kier alpha value is -1.000. The van der Waals surface area contributed by atoms with E-state index in [-0.39, 0.29) is 29.5 Å². The van der Waals surface area contributed by atoms with Crippen molar-refractivity contribution in [2.24, 2.45) is 4.99 Å². The van der Waals surface area contributed by atoms with Crippen LogP contribution < -0.4 is 10.6 Å². The molecule has 0 bridgehead atoms.